The normalized spacial score (nSPS) is 11.5. The highest BCUT2D eigenvalue weighted by molar-refractivity contribution is 9.10. The minimum absolute atomic E-state index is 0. The number of rotatable bonds is 4. The Kier molecular flexibility index (Phi) is 7.18. The summed E-state index contributed by atoms with van der Waals surface area (Å²) in [6.07, 6.45) is 0.0586. The summed E-state index contributed by atoms with van der Waals surface area (Å²) in [5.74, 6) is -0.288. The van der Waals surface area contributed by atoms with Crippen LogP contribution in [-0.4, -0.2) is 17.7 Å². The van der Waals surface area contributed by atoms with Crippen molar-refractivity contribution in [3.8, 4) is 5.75 Å². The summed E-state index contributed by atoms with van der Waals surface area (Å²) in [4.78, 5) is 11.2. The molecule has 1 aromatic carbocycles. The van der Waals surface area contributed by atoms with Gasteiger partial charge in [-0.3, -0.25) is 4.79 Å². The number of esters is 1. The monoisotopic (exact) mass is 323 g/mol. The molecular formula is C11H15BrClNO3. The molecule has 3 N–H and O–H groups in total. The van der Waals surface area contributed by atoms with Gasteiger partial charge in [0.15, 0.2) is 0 Å². The van der Waals surface area contributed by atoms with Crippen LogP contribution in [0.5, 0.6) is 5.75 Å². The zero-order valence-corrected chi connectivity index (χ0v) is 11.8. The molecule has 1 atom stereocenters. The Hall–Kier alpha value is -0.780. The second-order valence-electron chi connectivity index (χ2n) is 3.32. The molecule has 0 amide bonds. The van der Waals surface area contributed by atoms with Crippen LogP contribution in [0.25, 0.3) is 0 Å². The minimum atomic E-state index is -0.549. The van der Waals surface area contributed by atoms with Crippen molar-refractivity contribution in [2.24, 2.45) is 5.73 Å². The first kappa shape index (κ1) is 16.2. The van der Waals surface area contributed by atoms with Crippen LogP contribution in [0, 0.1) is 0 Å². The largest absolute Gasteiger partial charge is 0.508 e. The summed E-state index contributed by atoms with van der Waals surface area (Å²) in [5, 5.41) is 9.64. The SMILES string of the molecule is CCOC(=O)C[C@H](N)c1ccc(Br)cc1O.Cl. The molecule has 0 spiro atoms. The predicted octanol–water partition coefficient (Wildman–Crippen LogP) is 2.53. The Labute approximate surface area is 115 Å². The number of hydrogen-bond acceptors (Lipinski definition) is 4. The van der Waals surface area contributed by atoms with Crippen molar-refractivity contribution in [2.45, 2.75) is 19.4 Å². The van der Waals surface area contributed by atoms with E-state index < -0.39 is 6.04 Å². The standard InChI is InChI=1S/C11H14BrNO3.ClH/c1-2-16-11(15)6-9(13)8-4-3-7(12)5-10(8)14;/h3-5,9,14H,2,6,13H2,1H3;1H/t9-;/m0./s1. The van der Waals surface area contributed by atoms with E-state index in [2.05, 4.69) is 15.9 Å². The molecule has 0 unspecified atom stereocenters. The van der Waals surface area contributed by atoms with Crippen LogP contribution in [0.2, 0.25) is 0 Å². The summed E-state index contributed by atoms with van der Waals surface area (Å²) < 4.78 is 5.55. The van der Waals surface area contributed by atoms with Gasteiger partial charge in [-0.2, -0.15) is 0 Å². The number of carbonyl (C=O) groups is 1. The van der Waals surface area contributed by atoms with Crippen molar-refractivity contribution in [3.63, 3.8) is 0 Å². The molecule has 0 saturated carbocycles. The van der Waals surface area contributed by atoms with Gasteiger partial charge in [-0.05, 0) is 19.1 Å². The third-order valence-electron chi connectivity index (χ3n) is 2.08. The Morgan fingerprint density at radius 1 is 1.59 bits per heavy atom. The number of carbonyl (C=O) groups excluding carboxylic acids is 1. The number of ether oxygens (including phenoxy) is 1. The molecule has 96 valence electrons. The Bertz CT molecular complexity index is 387. The van der Waals surface area contributed by atoms with Crippen LogP contribution in [0.15, 0.2) is 22.7 Å². The fourth-order valence-corrected chi connectivity index (χ4v) is 1.69. The second-order valence-corrected chi connectivity index (χ2v) is 4.23. The molecule has 0 aliphatic heterocycles. The van der Waals surface area contributed by atoms with Crippen molar-refractivity contribution >= 4 is 34.3 Å². The van der Waals surface area contributed by atoms with E-state index in [4.69, 9.17) is 10.5 Å². The van der Waals surface area contributed by atoms with Crippen molar-refractivity contribution in [3.05, 3.63) is 28.2 Å². The summed E-state index contributed by atoms with van der Waals surface area (Å²) in [6, 6.07) is 4.44. The maximum absolute atomic E-state index is 11.2. The van der Waals surface area contributed by atoms with Gasteiger partial charge in [0, 0.05) is 16.1 Å². The molecule has 1 aromatic rings. The lowest BCUT2D eigenvalue weighted by Crippen LogP contribution is -2.17. The lowest BCUT2D eigenvalue weighted by molar-refractivity contribution is -0.143. The highest BCUT2D eigenvalue weighted by atomic mass is 79.9. The maximum atomic E-state index is 11.2. The summed E-state index contributed by atoms with van der Waals surface area (Å²) in [5.41, 5.74) is 6.34. The molecule has 4 nitrogen and oxygen atoms in total. The van der Waals surface area contributed by atoms with Gasteiger partial charge >= 0.3 is 5.97 Å². The first-order chi connectivity index (χ1) is 7.54. The van der Waals surface area contributed by atoms with E-state index in [1.165, 1.54) is 0 Å². The van der Waals surface area contributed by atoms with Crippen LogP contribution in [0.3, 0.4) is 0 Å². The third kappa shape index (κ3) is 4.93. The lowest BCUT2D eigenvalue weighted by Gasteiger charge is -2.12. The molecule has 1 rings (SSSR count). The van der Waals surface area contributed by atoms with Gasteiger partial charge in [-0.25, -0.2) is 0 Å². The molecule has 17 heavy (non-hydrogen) atoms. The summed E-state index contributed by atoms with van der Waals surface area (Å²) in [6.45, 7) is 2.07. The Balaban J connectivity index is 0.00000256. The molecular weight excluding hydrogens is 309 g/mol. The fraction of sp³-hybridized carbons (Fsp3) is 0.364. The van der Waals surface area contributed by atoms with Crippen LogP contribution in [0.4, 0.5) is 0 Å². The second kappa shape index (κ2) is 7.53. The molecule has 0 fully saturated rings. The number of hydrogen-bond donors (Lipinski definition) is 2. The van der Waals surface area contributed by atoms with E-state index in [0.717, 1.165) is 4.47 Å². The molecule has 0 aliphatic rings. The van der Waals surface area contributed by atoms with Crippen molar-refractivity contribution < 1.29 is 14.6 Å². The molecule has 0 aromatic heterocycles. The van der Waals surface area contributed by atoms with Crippen molar-refractivity contribution in [1.29, 1.82) is 0 Å². The van der Waals surface area contributed by atoms with E-state index >= 15 is 0 Å². The number of nitrogens with two attached hydrogens (primary N) is 1. The van der Waals surface area contributed by atoms with E-state index in [0.29, 0.717) is 12.2 Å². The third-order valence-corrected chi connectivity index (χ3v) is 2.58. The van der Waals surface area contributed by atoms with Gasteiger partial charge in [-0.1, -0.05) is 22.0 Å². The highest BCUT2D eigenvalue weighted by Gasteiger charge is 2.15. The number of phenols is 1. The zero-order chi connectivity index (χ0) is 12.1. The average molecular weight is 325 g/mol. The molecule has 0 heterocycles. The first-order valence-electron chi connectivity index (χ1n) is 4.94. The fourth-order valence-electron chi connectivity index (χ4n) is 1.34. The average Bonchev–Trinajstić information content (AvgIpc) is 2.17. The smallest absolute Gasteiger partial charge is 0.307 e. The topological polar surface area (TPSA) is 72.5 Å². The quantitative estimate of drug-likeness (QED) is 0.835. The van der Waals surface area contributed by atoms with Gasteiger partial charge in [0.25, 0.3) is 0 Å². The molecule has 0 saturated heterocycles. The van der Waals surface area contributed by atoms with Crippen molar-refractivity contribution in [1.82, 2.24) is 0 Å². The minimum Gasteiger partial charge on any atom is -0.508 e. The highest BCUT2D eigenvalue weighted by Crippen LogP contribution is 2.28. The van der Waals surface area contributed by atoms with Gasteiger partial charge < -0.3 is 15.6 Å². The van der Waals surface area contributed by atoms with Gasteiger partial charge in [0.05, 0.1) is 13.0 Å². The van der Waals surface area contributed by atoms with E-state index in [1.807, 2.05) is 0 Å². The Morgan fingerprint density at radius 3 is 2.76 bits per heavy atom. The van der Waals surface area contributed by atoms with Crippen LogP contribution in [-0.2, 0) is 9.53 Å². The van der Waals surface area contributed by atoms with E-state index in [-0.39, 0.29) is 30.5 Å². The molecule has 0 radical (unpaired) electrons. The number of aromatic hydroxyl groups is 1. The number of phenolic OH excluding ortho intramolecular Hbond substituents is 1. The molecule has 0 aliphatic carbocycles. The molecule has 6 heteroatoms. The van der Waals surface area contributed by atoms with E-state index in [1.54, 1.807) is 25.1 Å². The maximum Gasteiger partial charge on any atom is 0.307 e. The van der Waals surface area contributed by atoms with Gasteiger partial charge in [0.2, 0.25) is 0 Å². The summed E-state index contributed by atoms with van der Waals surface area (Å²) >= 11 is 3.23. The van der Waals surface area contributed by atoms with Gasteiger partial charge in [0.1, 0.15) is 5.75 Å². The van der Waals surface area contributed by atoms with Gasteiger partial charge in [-0.15, -0.1) is 12.4 Å². The first-order valence-corrected chi connectivity index (χ1v) is 5.73. The lowest BCUT2D eigenvalue weighted by atomic mass is 10.0. The van der Waals surface area contributed by atoms with Crippen LogP contribution in [0.1, 0.15) is 24.9 Å². The zero-order valence-electron chi connectivity index (χ0n) is 9.35. The number of benzene rings is 1. The van der Waals surface area contributed by atoms with Crippen LogP contribution >= 0.6 is 28.3 Å². The molecule has 0 bridgehead atoms. The number of halogens is 2. The predicted molar refractivity (Wildman–Crippen MR) is 71.2 cm³/mol. The van der Waals surface area contributed by atoms with Crippen LogP contribution < -0.4 is 5.73 Å². The van der Waals surface area contributed by atoms with Crippen molar-refractivity contribution in [2.75, 3.05) is 6.61 Å². The Morgan fingerprint density at radius 2 is 2.24 bits per heavy atom. The van der Waals surface area contributed by atoms with E-state index in [9.17, 15) is 9.90 Å². The summed E-state index contributed by atoms with van der Waals surface area (Å²) in [7, 11) is 0.